The SMILES string of the molecule is COc1cncc(C(=O)N[C@H]2CC[C@H](N)CC2)n1. The fourth-order valence-electron chi connectivity index (χ4n) is 2.08. The Hall–Kier alpha value is -1.69. The molecule has 1 aliphatic carbocycles. The molecular weight excluding hydrogens is 232 g/mol. The first-order valence-corrected chi connectivity index (χ1v) is 6.11. The second-order valence-corrected chi connectivity index (χ2v) is 4.53. The molecule has 6 nitrogen and oxygen atoms in total. The predicted octanol–water partition coefficient (Wildman–Crippen LogP) is 0.485. The van der Waals surface area contributed by atoms with Crippen LogP contribution in [0.3, 0.4) is 0 Å². The minimum Gasteiger partial charge on any atom is -0.480 e. The first kappa shape index (κ1) is 12.8. The van der Waals surface area contributed by atoms with E-state index in [9.17, 15) is 4.79 Å². The number of rotatable bonds is 3. The van der Waals surface area contributed by atoms with E-state index >= 15 is 0 Å². The number of nitrogens with zero attached hydrogens (tertiary/aromatic N) is 2. The molecule has 1 heterocycles. The molecule has 1 amide bonds. The van der Waals surface area contributed by atoms with Crippen LogP contribution in [0.5, 0.6) is 5.88 Å². The summed E-state index contributed by atoms with van der Waals surface area (Å²) in [7, 11) is 1.49. The quantitative estimate of drug-likeness (QED) is 0.814. The summed E-state index contributed by atoms with van der Waals surface area (Å²) in [6, 6.07) is 0.458. The Kier molecular flexibility index (Phi) is 4.09. The lowest BCUT2D eigenvalue weighted by atomic mass is 9.92. The Labute approximate surface area is 106 Å². The van der Waals surface area contributed by atoms with Gasteiger partial charge < -0.3 is 15.8 Å². The van der Waals surface area contributed by atoms with Gasteiger partial charge in [-0.15, -0.1) is 0 Å². The van der Waals surface area contributed by atoms with Crippen LogP contribution in [0.4, 0.5) is 0 Å². The number of nitrogens with two attached hydrogens (primary N) is 1. The summed E-state index contributed by atoms with van der Waals surface area (Å²) in [6.45, 7) is 0. The molecule has 1 aromatic rings. The molecule has 2 rings (SSSR count). The Morgan fingerprint density at radius 1 is 1.39 bits per heavy atom. The largest absolute Gasteiger partial charge is 0.480 e. The van der Waals surface area contributed by atoms with E-state index in [2.05, 4.69) is 15.3 Å². The van der Waals surface area contributed by atoms with Crippen LogP contribution < -0.4 is 15.8 Å². The van der Waals surface area contributed by atoms with Crippen molar-refractivity contribution in [3.63, 3.8) is 0 Å². The summed E-state index contributed by atoms with van der Waals surface area (Å²) < 4.78 is 4.94. The number of aromatic nitrogens is 2. The summed E-state index contributed by atoms with van der Waals surface area (Å²) in [4.78, 5) is 19.9. The van der Waals surface area contributed by atoms with Crippen LogP contribution in [-0.2, 0) is 0 Å². The zero-order chi connectivity index (χ0) is 13.0. The zero-order valence-electron chi connectivity index (χ0n) is 10.4. The standard InChI is InChI=1S/C12H18N4O2/c1-18-11-7-14-6-10(16-11)12(17)15-9-4-2-8(13)3-5-9/h6-9H,2-5,13H2,1H3,(H,15,17)/t8-,9-. The van der Waals surface area contributed by atoms with E-state index in [0.717, 1.165) is 25.7 Å². The summed E-state index contributed by atoms with van der Waals surface area (Å²) in [5.41, 5.74) is 6.11. The Morgan fingerprint density at radius 2 is 2.11 bits per heavy atom. The van der Waals surface area contributed by atoms with E-state index in [-0.39, 0.29) is 23.7 Å². The van der Waals surface area contributed by atoms with Gasteiger partial charge in [0.05, 0.1) is 19.5 Å². The summed E-state index contributed by atoms with van der Waals surface area (Å²) in [5, 5.41) is 2.95. The molecule has 0 unspecified atom stereocenters. The van der Waals surface area contributed by atoms with Gasteiger partial charge in [-0.25, -0.2) is 4.98 Å². The molecule has 3 N–H and O–H groups in total. The Balaban J connectivity index is 1.94. The number of methoxy groups -OCH3 is 1. The number of nitrogens with one attached hydrogen (secondary N) is 1. The van der Waals surface area contributed by atoms with Gasteiger partial charge >= 0.3 is 0 Å². The van der Waals surface area contributed by atoms with Crippen molar-refractivity contribution in [1.82, 2.24) is 15.3 Å². The van der Waals surface area contributed by atoms with E-state index in [1.54, 1.807) is 0 Å². The summed E-state index contributed by atoms with van der Waals surface area (Å²) in [5.74, 6) is 0.134. The minimum absolute atomic E-state index is 0.185. The van der Waals surface area contributed by atoms with E-state index < -0.39 is 0 Å². The minimum atomic E-state index is -0.207. The van der Waals surface area contributed by atoms with E-state index in [1.807, 2.05) is 0 Å². The zero-order valence-corrected chi connectivity index (χ0v) is 10.4. The predicted molar refractivity (Wildman–Crippen MR) is 66.3 cm³/mol. The molecule has 0 radical (unpaired) electrons. The number of amides is 1. The topological polar surface area (TPSA) is 90.1 Å². The second-order valence-electron chi connectivity index (χ2n) is 4.53. The van der Waals surface area contributed by atoms with Crippen molar-refractivity contribution in [3.05, 3.63) is 18.1 Å². The maximum Gasteiger partial charge on any atom is 0.271 e. The highest BCUT2D eigenvalue weighted by atomic mass is 16.5. The highest BCUT2D eigenvalue weighted by molar-refractivity contribution is 5.92. The van der Waals surface area contributed by atoms with Gasteiger partial charge in [0.2, 0.25) is 5.88 Å². The first-order valence-electron chi connectivity index (χ1n) is 6.11. The van der Waals surface area contributed by atoms with Gasteiger partial charge in [0, 0.05) is 12.1 Å². The van der Waals surface area contributed by atoms with Crippen molar-refractivity contribution >= 4 is 5.91 Å². The van der Waals surface area contributed by atoms with Crippen molar-refractivity contribution in [1.29, 1.82) is 0 Å². The molecule has 1 saturated carbocycles. The van der Waals surface area contributed by atoms with Crippen molar-refractivity contribution in [2.75, 3.05) is 7.11 Å². The van der Waals surface area contributed by atoms with Crippen LogP contribution in [-0.4, -0.2) is 35.1 Å². The number of carbonyl (C=O) groups is 1. The average molecular weight is 250 g/mol. The van der Waals surface area contributed by atoms with Gasteiger partial charge in [0.25, 0.3) is 5.91 Å². The number of hydrogen-bond donors (Lipinski definition) is 2. The van der Waals surface area contributed by atoms with Gasteiger partial charge in [0.15, 0.2) is 0 Å². The highest BCUT2D eigenvalue weighted by Crippen LogP contribution is 2.17. The van der Waals surface area contributed by atoms with Crippen molar-refractivity contribution in [2.24, 2.45) is 5.73 Å². The Bertz CT molecular complexity index is 416. The number of carbonyl (C=O) groups excluding carboxylic acids is 1. The highest BCUT2D eigenvalue weighted by Gasteiger charge is 2.21. The maximum absolute atomic E-state index is 12.0. The molecule has 0 bridgehead atoms. The molecule has 0 aromatic carbocycles. The molecule has 1 aromatic heterocycles. The number of ether oxygens (including phenoxy) is 1. The van der Waals surface area contributed by atoms with Crippen LogP contribution >= 0.6 is 0 Å². The molecule has 6 heteroatoms. The van der Waals surface area contributed by atoms with E-state index in [4.69, 9.17) is 10.5 Å². The van der Waals surface area contributed by atoms with Crippen molar-refractivity contribution in [2.45, 2.75) is 37.8 Å². The van der Waals surface area contributed by atoms with E-state index in [0.29, 0.717) is 5.88 Å². The van der Waals surface area contributed by atoms with Gasteiger partial charge in [-0.1, -0.05) is 0 Å². The average Bonchev–Trinajstić information content (AvgIpc) is 2.41. The molecule has 0 aliphatic heterocycles. The van der Waals surface area contributed by atoms with Crippen LogP contribution in [0.2, 0.25) is 0 Å². The second kappa shape index (κ2) is 5.77. The Morgan fingerprint density at radius 3 is 2.78 bits per heavy atom. The molecule has 0 spiro atoms. The third kappa shape index (κ3) is 3.16. The molecule has 0 atom stereocenters. The normalized spacial score (nSPS) is 23.4. The molecule has 18 heavy (non-hydrogen) atoms. The molecular formula is C12H18N4O2. The van der Waals surface area contributed by atoms with Crippen molar-refractivity contribution < 1.29 is 9.53 Å². The van der Waals surface area contributed by atoms with E-state index in [1.165, 1.54) is 19.5 Å². The van der Waals surface area contributed by atoms with Gasteiger partial charge in [-0.3, -0.25) is 9.78 Å². The summed E-state index contributed by atoms with van der Waals surface area (Å²) in [6.07, 6.45) is 6.65. The van der Waals surface area contributed by atoms with Gasteiger partial charge in [-0.05, 0) is 25.7 Å². The van der Waals surface area contributed by atoms with Gasteiger partial charge in [0.1, 0.15) is 5.69 Å². The third-order valence-electron chi connectivity index (χ3n) is 3.16. The molecule has 98 valence electrons. The fraction of sp³-hybridized carbons (Fsp3) is 0.583. The van der Waals surface area contributed by atoms with Crippen LogP contribution in [0.1, 0.15) is 36.2 Å². The van der Waals surface area contributed by atoms with Crippen LogP contribution in [0.15, 0.2) is 12.4 Å². The smallest absolute Gasteiger partial charge is 0.271 e. The lowest BCUT2D eigenvalue weighted by Gasteiger charge is -2.26. The lowest BCUT2D eigenvalue weighted by molar-refractivity contribution is 0.0919. The lowest BCUT2D eigenvalue weighted by Crippen LogP contribution is -2.40. The van der Waals surface area contributed by atoms with Crippen LogP contribution in [0, 0.1) is 0 Å². The summed E-state index contributed by atoms with van der Waals surface area (Å²) >= 11 is 0. The monoisotopic (exact) mass is 250 g/mol. The maximum atomic E-state index is 12.0. The third-order valence-corrected chi connectivity index (χ3v) is 3.16. The van der Waals surface area contributed by atoms with Crippen LogP contribution in [0.25, 0.3) is 0 Å². The van der Waals surface area contributed by atoms with Gasteiger partial charge in [-0.2, -0.15) is 0 Å². The molecule has 0 saturated heterocycles. The fourth-order valence-corrected chi connectivity index (χ4v) is 2.08. The molecule has 1 fully saturated rings. The van der Waals surface area contributed by atoms with Crippen molar-refractivity contribution in [3.8, 4) is 5.88 Å². The molecule has 1 aliphatic rings. The first-order chi connectivity index (χ1) is 8.69. The number of hydrogen-bond acceptors (Lipinski definition) is 5.